The highest BCUT2D eigenvalue weighted by Crippen LogP contribution is 2.33. The molecular formula is C13H14ClFN2S. The molecule has 0 aliphatic heterocycles. The minimum absolute atomic E-state index is 0.137. The Hall–Kier alpha value is -1.13. The van der Waals surface area contributed by atoms with Gasteiger partial charge in [-0.15, -0.1) is 0 Å². The summed E-state index contributed by atoms with van der Waals surface area (Å²) in [5.74, 6) is 0.151. The van der Waals surface area contributed by atoms with Crippen molar-refractivity contribution in [3.8, 4) is 10.4 Å². The smallest absolute Gasteiger partial charge is 0.183 e. The van der Waals surface area contributed by atoms with Crippen LogP contribution in [0.2, 0.25) is 5.02 Å². The molecule has 5 heteroatoms. The number of nitrogens with zero attached hydrogens (tertiary/aromatic N) is 1. The van der Waals surface area contributed by atoms with Gasteiger partial charge in [0, 0.05) is 18.3 Å². The number of hydrogen-bond acceptors (Lipinski definition) is 3. The van der Waals surface area contributed by atoms with Gasteiger partial charge in [0.25, 0.3) is 0 Å². The average molecular weight is 285 g/mol. The van der Waals surface area contributed by atoms with Crippen molar-refractivity contribution in [3.63, 3.8) is 0 Å². The van der Waals surface area contributed by atoms with Crippen LogP contribution in [0.25, 0.3) is 10.4 Å². The number of anilines is 1. The van der Waals surface area contributed by atoms with E-state index >= 15 is 0 Å². The fourth-order valence-electron chi connectivity index (χ4n) is 1.47. The van der Waals surface area contributed by atoms with E-state index in [4.69, 9.17) is 11.6 Å². The number of hydrogen-bond donors (Lipinski definition) is 1. The fourth-order valence-corrected chi connectivity index (χ4v) is 2.48. The molecule has 1 aromatic heterocycles. The summed E-state index contributed by atoms with van der Waals surface area (Å²) < 4.78 is 13.8. The lowest BCUT2D eigenvalue weighted by molar-refractivity contribution is 0.632. The predicted molar refractivity (Wildman–Crippen MR) is 75.8 cm³/mol. The molecule has 0 atom stereocenters. The molecule has 18 heavy (non-hydrogen) atoms. The van der Waals surface area contributed by atoms with Gasteiger partial charge in [0.05, 0.1) is 9.90 Å². The summed E-state index contributed by atoms with van der Waals surface area (Å²) in [4.78, 5) is 5.01. The summed E-state index contributed by atoms with van der Waals surface area (Å²) in [6, 6.07) is 4.99. The maximum atomic E-state index is 13.8. The number of thiazole rings is 1. The second-order valence-electron chi connectivity index (χ2n) is 4.41. The standard InChI is InChI=1S/C13H14ClFN2S/c1-8(2)6-16-13-17-7-11(18-13)9-4-3-5-10(14)12(9)15/h3-5,7-8H,6H2,1-2H3,(H,16,17). The van der Waals surface area contributed by atoms with Crippen LogP contribution in [0.1, 0.15) is 13.8 Å². The first-order valence-electron chi connectivity index (χ1n) is 5.72. The van der Waals surface area contributed by atoms with E-state index in [2.05, 4.69) is 24.1 Å². The third kappa shape index (κ3) is 3.00. The number of benzene rings is 1. The molecule has 0 amide bonds. The Morgan fingerprint density at radius 2 is 2.22 bits per heavy atom. The first-order valence-corrected chi connectivity index (χ1v) is 6.91. The minimum atomic E-state index is -0.391. The van der Waals surface area contributed by atoms with Crippen LogP contribution in [0.15, 0.2) is 24.4 Å². The van der Waals surface area contributed by atoms with Crippen molar-refractivity contribution in [2.75, 3.05) is 11.9 Å². The molecule has 0 aliphatic rings. The van der Waals surface area contributed by atoms with Gasteiger partial charge in [0.15, 0.2) is 5.13 Å². The van der Waals surface area contributed by atoms with Crippen molar-refractivity contribution in [3.05, 3.63) is 35.2 Å². The second kappa shape index (κ2) is 5.67. The topological polar surface area (TPSA) is 24.9 Å². The van der Waals surface area contributed by atoms with Gasteiger partial charge in [-0.1, -0.05) is 48.9 Å². The zero-order chi connectivity index (χ0) is 13.1. The van der Waals surface area contributed by atoms with Crippen molar-refractivity contribution in [1.82, 2.24) is 4.98 Å². The van der Waals surface area contributed by atoms with Crippen LogP contribution < -0.4 is 5.32 Å². The van der Waals surface area contributed by atoms with E-state index in [1.807, 2.05) is 0 Å². The summed E-state index contributed by atoms with van der Waals surface area (Å²) in [5, 5.41) is 4.16. The summed E-state index contributed by atoms with van der Waals surface area (Å²) in [7, 11) is 0. The molecule has 0 radical (unpaired) electrons. The lowest BCUT2D eigenvalue weighted by atomic mass is 10.2. The molecule has 0 bridgehead atoms. The van der Waals surface area contributed by atoms with Crippen LogP contribution in [0.4, 0.5) is 9.52 Å². The van der Waals surface area contributed by atoms with Gasteiger partial charge < -0.3 is 5.32 Å². The zero-order valence-corrected chi connectivity index (χ0v) is 11.8. The summed E-state index contributed by atoms with van der Waals surface area (Å²) >= 11 is 7.20. The molecule has 0 saturated carbocycles. The Balaban J connectivity index is 2.21. The van der Waals surface area contributed by atoms with E-state index in [0.29, 0.717) is 11.5 Å². The molecule has 2 rings (SSSR count). The average Bonchev–Trinajstić information content (AvgIpc) is 2.78. The predicted octanol–water partition coefficient (Wildman–Crippen LogP) is 4.67. The van der Waals surface area contributed by atoms with Crippen molar-refractivity contribution >= 4 is 28.1 Å². The molecule has 0 aliphatic carbocycles. The van der Waals surface area contributed by atoms with E-state index in [1.165, 1.54) is 11.3 Å². The van der Waals surface area contributed by atoms with E-state index < -0.39 is 5.82 Å². The maximum Gasteiger partial charge on any atom is 0.183 e. The summed E-state index contributed by atoms with van der Waals surface area (Å²) in [6.45, 7) is 5.10. The molecule has 0 unspecified atom stereocenters. The highest BCUT2D eigenvalue weighted by Gasteiger charge is 2.11. The van der Waals surface area contributed by atoms with Crippen LogP contribution in [-0.2, 0) is 0 Å². The maximum absolute atomic E-state index is 13.8. The lowest BCUT2D eigenvalue weighted by Crippen LogP contribution is -2.07. The van der Waals surface area contributed by atoms with E-state index in [-0.39, 0.29) is 5.02 Å². The molecule has 2 nitrogen and oxygen atoms in total. The molecule has 0 spiro atoms. The summed E-state index contributed by atoms with van der Waals surface area (Å²) in [6.07, 6.45) is 1.67. The van der Waals surface area contributed by atoms with Crippen molar-refractivity contribution < 1.29 is 4.39 Å². The molecule has 0 saturated heterocycles. The first-order chi connectivity index (χ1) is 8.58. The quantitative estimate of drug-likeness (QED) is 0.882. The van der Waals surface area contributed by atoms with E-state index in [0.717, 1.165) is 16.6 Å². The number of aromatic nitrogens is 1. The molecule has 2 aromatic rings. The minimum Gasteiger partial charge on any atom is -0.361 e. The number of rotatable bonds is 4. The van der Waals surface area contributed by atoms with Gasteiger partial charge in [-0.25, -0.2) is 9.37 Å². The number of nitrogens with one attached hydrogen (secondary N) is 1. The third-order valence-electron chi connectivity index (χ3n) is 2.38. The van der Waals surface area contributed by atoms with Crippen LogP contribution in [0, 0.1) is 11.7 Å². The van der Waals surface area contributed by atoms with Gasteiger partial charge in [-0.05, 0) is 12.0 Å². The van der Waals surface area contributed by atoms with Crippen molar-refractivity contribution in [1.29, 1.82) is 0 Å². The van der Waals surface area contributed by atoms with Gasteiger partial charge in [0.2, 0.25) is 0 Å². The van der Waals surface area contributed by atoms with Crippen LogP contribution >= 0.6 is 22.9 Å². The Bertz CT molecular complexity index is 540. The Morgan fingerprint density at radius 3 is 2.94 bits per heavy atom. The largest absolute Gasteiger partial charge is 0.361 e. The molecule has 1 aromatic carbocycles. The van der Waals surface area contributed by atoms with Crippen LogP contribution in [-0.4, -0.2) is 11.5 Å². The van der Waals surface area contributed by atoms with Gasteiger partial charge in [0.1, 0.15) is 5.82 Å². The lowest BCUT2D eigenvalue weighted by Gasteiger charge is -2.04. The molecule has 1 N–H and O–H groups in total. The van der Waals surface area contributed by atoms with E-state index in [9.17, 15) is 4.39 Å². The van der Waals surface area contributed by atoms with Gasteiger partial charge in [-0.3, -0.25) is 0 Å². The Morgan fingerprint density at radius 1 is 1.44 bits per heavy atom. The normalized spacial score (nSPS) is 10.9. The van der Waals surface area contributed by atoms with Crippen molar-refractivity contribution in [2.45, 2.75) is 13.8 Å². The molecule has 96 valence electrons. The highest BCUT2D eigenvalue weighted by atomic mass is 35.5. The zero-order valence-electron chi connectivity index (χ0n) is 10.2. The van der Waals surface area contributed by atoms with Gasteiger partial charge >= 0.3 is 0 Å². The van der Waals surface area contributed by atoms with Crippen molar-refractivity contribution in [2.24, 2.45) is 5.92 Å². The van der Waals surface area contributed by atoms with E-state index in [1.54, 1.807) is 24.4 Å². The number of halogens is 2. The molecule has 0 fully saturated rings. The van der Waals surface area contributed by atoms with Gasteiger partial charge in [-0.2, -0.15) is 0 Å². The van der Waals surface area contributed by atoms with Crippen LogP contribution in [0.5, 0.6) is 0 Å². The summed E-state index contributed by atoms with van der Waals surface area (Å²) in [5.41, 5.74) is 0.498. The monoisotopic (exact) mass is 284 g/mol. The Kier molecular flexibility index (Phi) is 4.19. The Labute approximate surface area is 115 Å². The first kappa shape index (κ1) is 13.3. The third-order valence-corrected chi connectivity index (χ3v) is 3.66. The fraction of sp³-hybridized carbons (Fsp3) is 0.308. The second-order valence-corrected chi connectivity index (χ2v) is 5.84. The molecular weight excluding hydrogens is 271 g/mol. The molecule has 1 heterocycles. The highest BCUT2D eigenvalue weighted by molar-refractivity contribution is 7.18. The SMILES string of the molecule is CC(C)CNc1ncc(-c2cccc(Cl)c2F)s1. The van der Waals surface area contributed by atoms with Crippen LogP contribution in [0.3, 0.4) is 0 Å².